The van der Waals surface area contributed by atoms with E-state index in [0.717, 1.165) is 6.42 Å². The Kier molecular flexibility index (Phi) is 7.90. The molecule has 0 unspecified atom stereocenters. The Balaban J connectivity index is 3.60. The Morgan fingerprint density at radius 1 is 1.36 bits per heavy atom. The molecule has 0 fully saturated rings. The third kappa shape index (κ3) is 9.04. The molecule has 0 aromatic rings. The summed E-state index contributed by atoms with van der Waals surface area (Å²) in [5, 5.41) is 0. The van der Waals surface area contributed by atoms with Gasteiger partial charge in [0.25, 0.3) is 0 Å². The van der Waals surface area contributed by atoms with Gasteiger partial charge >= 0.3 is 5.97 Å². The summed E-state index contributed by atoms with van der Waals surface area (Å²) in [6.07, 6.45) is 10.5. The summed E-state index contributed by atoms with van der Waals surface area (Å²) in [6, 6.07) is 0. The van der Waals surface area contributed by atoms with E-state index in [9.17, 15) is 4.79 Å². The van der Waals surface area contributed by atoms with Gasteiger partial charge in [-0.15, -0.1) is 0 Å². The molecule has 80 valence electrons. The van der Waals surface area contributed by atoms with Gasteiger partial charge in [-0.05, 0) is 20.3 Å². The van der Waals surface area contributed by atoms with Crippen molar-refractivity contribution in [2.24, 2.45) is 0 Å². The molecule has 0 atom stereocenters. The highest BCUT2D eigenvalue weighted by Crippen LogP contribution is 1.95. The number of ether oxygens (including phenoxy) is 1. The highest BCUT2D eigenvalue weighted by molar-refractivity contribution is 5.82. The fourth-order valence-electron chi connectivity index (χ4n) is 0.902. The average Bonchev–Trinajstić information content (AvgIpc) is 2.10. The number of carbonyl (C=O) groups is 1. The fraction of sp³-hybridized carbons (Fsp3) is 0.583. The van der Waals surface area contributed by atoms with E-state index in [1.165, 1.54) is 18.9 Å². The van der Waals surface area contributed by atoms with Gasteiger partial charge in [0.05, 0.1) is 6.10 Å². The molecule has 0 amide bonds. The number of unbranched alkanes of at least 4 members (excludes halogenated alkanes) is 2. The molecule has 0 saturated carbocycles. The lowest BCUT2D eigenvalue weighted by molar-refractivity contribution is -0.141. The summed E-state index contributed by atoms with van der Waals surface area (Å²) in [4.78, 5) is 11.0. The maximum atomic E-state index is 11.0. The first kappa shape index (κ1) is 12.9. The maximum Gasteiger partial charge on any atom is 0.330 e. The van der Waals surface area contributed by atoms with Crippen molar-refractivity contribution in [2.75, 3.05) is 0 Å². The maximum absolute atomic E-state index is 11.0. The first-order valence-electron chi connectivity index (χ1n) is 5.20. The van der Waals surface area contributed by atoms with E-state index in [2.05, 4.69) is 13.0 Å². The average molecular weight is 196 g/mol. The van der Waals surface area contributed by atoms with Gasteiger partial charge in [0.1, 0.15) is 0 Å². The first-order chi connectivity index (χ1) is 6.66. The predicted octanol–water partition coefficient (Wildman–Crippen LogP) is 3.24. The van der Waals surface area contributed by atoms with Crippen molar-refractivity contribution in [1.82, 2.24) is 0 Å². The lowest BCUT2D eigenvalue weighted by Crippen LogP contribution is -2.08. The minimum Gasteiger partial charge on any atom is -0.460 e. The highest BCUT2D eigenvalue weighted by atomic mass is 16.5. The number of hydrogen-bond acceptors (Lipinski definition) is 2. The van der Waals surface area contributed by atoms with E-state index in [4.69, 9.17) is 4.74 Å². The van der Waals surface area contributed by atoms with E-state index >= 15 is 0 Å². The molecule has 0 aliphatic heterocycles. The van der Waals surface area contributed by atoms with Crippen LogP contribution in [-0.2, 0) is 9.53 Å². The zero-order valence-corrected chi connectivity index (χ0v) is 9.32. The summed E-state index contributed by atoms with van der Waals surface area (Å²) in [7, 11) is 0. The van der Waals surface area contributed by atoms with E-state index in [1.807, 2.05) is 19.9 Å². The Bertz CT molecular complexity index is 202. The van der Waals surface area contributed by atoms with Crippen molar-refractivity contribution in [3.63, 3.8) is 0 Å². The van der Waals surface area contributed by atoms with E-state index < -0.39 is 0 Å². The second kappa shape index (κ2) is 8.54. The molecule has 0 rings (SSSR count). The molecule has 0 aliphatic carbocycles. The van der Waals surface area contributed by atoms with Gasteiger partial charge in [0, 0.05) is 6.08 Å². The molecule has 2 nitrogen and oxygen atoms in total. The molecule has 0 aromatic carbocycles. The van der Waals surface area contributed by atoms with Crippen LogP contribution in [0.15, 0.2) is 24.3 Å². The fourth-order valence-corrected chi connectivity index (χ4v) is 0.902. The molecular formula is C12H20O2. The third-order valence-electron chi connectivity index (χ3n) is 1.56. The topological polar surface area (TPSA) is 26.3 Å². The van der Waals surface area contributed by atoms with Gasteiger partial charge in [0.15, 0.2) is 0 Å². The minimum atomic E-state index is -0.278. The number of hydrogen-bond donors (Lipinski definition) is 0. The quantitative estimate of drug-likeness (QED) is 0.282. The predicted molar refractivity (Wildman–Crippen MR) is 59.0 cm³/mol. The van der Waals surface area contributed by atoms with E-state index in [0.29, 0.717) is 0 Å². The van der Waals surface area contributed by atoms with Gasteiger partial charge in [-0.2, -0.15) is 0 Å². The summed E-state index contributed by atoms with van der Waals surface area (Å²) < 4.78 is 4.92. The van der Waals surface area contributed by atoms with Crippen molar-refractivity contribution in [2.45, 2.75) is 46.1 Å². The molecule has 0 heterocycles. The molecule has 0 spiro atoms. The summed E-state index contributed by atoms with van der Waals surface area (Å²) >= 11 is 0. The highest BCUT2D eigenvalue weighted by Gasteiger charge is 1.97. The normalized spacial score (nSPS) is 11.7. The van der Waals surface area contributed by atoms with Gasteiger partial charge in [-0.1, -0.05) is 38.0 Å². The first-order valence-corrected chi connectivity index (χ1v) is 5.20. The SMILES string of the molecule is CCCCC=CC=CC(=O)OC(C)C. The van der Waals surface area contributed by atoms with Crippen LogP contribution in [-0.4, -0.2) is 12.1 Å². The Labute approximate surface area is 86.6 Å². The van der Waals surface area contributed by atoms with Crippen LogP contribution in [0, 0.1) is 0 Å². The van der Waals surface area contributed by atoms with Gasteiger partial charge in [-0.25, -0.2) is 4.79 Å². The third-order valence-corrected chi connectivity index (χ3v) is 1.56. The summed E-state index contributed by atoms with van der Waals surface area (Å²) in [6.45, 7) is 5.83. The largest absolute Gasteiger partial charge is 0.460 e. The van der Waals surface area contributed by atoms with Crippen LogP contribution in [0.2, 0.25) is 0 Å². The van der Waals surface area contributed by atoms with E-state index in [-0.39, 0.29) is 12.1 Å². The molecule has 0 aliphatic rings. The molecule has 0 N–H and O–H groups in total. The Morgan fingerprint density at radius 2 is 2.07 bits per heavy atom. The smallest absolute Gasteiger partial charge is 0.330 e. The molecular weight excluding hydrogens is 176 g/mol. The van der Waals surface area contributed by atoms with E-state index in [1.54, 1.807) is 6.08 Å². The van der Waals surface area contributed by atoms with Crippen LogP contribution in [0.25, 0.3) is 0 Å². The molecule has 2 heteroatoms. The summed E-state index contributed by atoms with van der Waals surface area (Å²) in [5.74, 6) is -0.278. The zero-order chi connectivity index (χ0) is 10.8. The van der Waals surface area contributed by atoms with Crippen LogP contribution >= 0.6 is 0 Å². The van der Waals surface area contributed by atoms with Crippen LogP contribution in [0.4, 0.5) is 0 Å². The Hall–Kier alpha value is -1.05. The number of allylic oxidation sites excluding steroid dienone is 3. The van der Waals surface area contributed by atoms with Crippen molar-refractivity contribution in [3.05, 3.63) is 24.3 Å². The molecule has 0 radical (unpaired) electrons. The van der Waals surface area contributed by atoms with Crippen molar-refractivity contribution in [3.8, 4) is 0 Å². The second-order valence-corrected chi connectivity index (χ2v) is 3.42. The van der Waals surface area contributed by atoms with Gasteiger partial charge in [-0.3, -0.25) is 0 Å². The van der Waals surface area contributed by atoms with Crippen LogP contribution in [0.3, 0.4) is 0 Å². The van der Waals surface area contributed by atoms with Crippen molar-refractivity contribution < 1.29 is 9.53 Å². The molecule has 0 saturated heterocycles. The van der Waals surface area contributed by atoms with Gasteiger partial charge in [0.2, 0.25) is 0 Å². The molecule has 14 heavy (non-hydrogen) atoms. The van der Waals surface area contributed by atoms with Gasteiger partial charge < -0.3 is 4.74 Å². The number of rotatable bonds is 6. The van der Waals surface area contributed by atoms with Crippen molar-refractivity contribution in [1.29, 1.82) is 0 Å². The van der Waals surface area contributed by atoms with Crippen LogP contribution < -0.4 is 0 Å². The number of esters is 1. The van der Waals surface area contributed by atoms with Crippen LogP contribution in [0.5, 0.6) is 0 Å². The molecule has 0 bridgehead atoms. The standard InChI is InChI=1S/C12H20O2/c1-4-5-6-7-8-9-10-12(13)14-11(2)3/h7-11H,4-6H2,1-3H3. The monoisotopic (exact) mass is 196 g/mol. The summed E-state index contributed by atoms with van der Waals surface area (Å²) in [5.41, 5.74) is 0. The Morgan fingerprint density at radius 3 is 2.64 bits per heavy atom. The zero-order valence-electron chi connectivity index (χ0n) is 9.32. The van der Waals surface area contributed by atoms with Crippen LogP contribution in [0.1, 0.15) is 40.0 Å². The number of carbonyl (C=O) groups excluding carboxylic acids is 1. The van der Waals surface area contributed by atoms with Crippen molar-refractivity contribution >= 4 is 5.97 Å². The molecule has 0 aromatic heterocycles. The minimum absolute atomic E-state index is 0.0452. The lowest BCUT2D eigenvalue weighted by Gasteiger charge is -2.03. The second-order valence-electron chi connectivity index (χ2n) is 3.42. The lowest BCUT2D eigenvalue weighted by atomic mass is 10.2.